The molecule has 2 aromatic carbocycles. The second kappa shape index (κ2) is 8.49. The van der Waals surface area contributed by atoms with E-state index >= 15 is 0 Å². The lowest BCUT2D eigenvalue weighted by Gasteiger charge is -2.44. The number of anilines is 1. The number of carbonyl (C=O) groups excluding carboxylic acids is 2. The molecule has 1 amide bonds. The Morgan fingerprint density at radius 2 is 1.82 bits per heavy atom. The van der Waals surface area contributed by atoms with Crippen LogP contribution in [0.15, 0.2) is 60.2 Å². The number of esters is 1. The van der Waals surface area contributed by atoms with Gasteiger partial charge in [-0.2, -0.15) is 0 Å². The Hall–Kier alpha value is -3.28. The molecule has 2 fully saturated rings. The monoisotopic (exact) mass is 461 g/mol. The highest BCUT2D eigenvalue weighted by atomic mass is 16.6. The molecule has 2 aliphatic carbocycles. The molecule has 0 bridgehead atoms. The van der Waals surface area contributed by atoms with Gasteiger partial charge in [-0.25, -0.2) is 0 Å². The quantitative estimate of drug-likeness (QED) is 0.503. The summed E-state index contributed by atoms with van der Waals surface area (Å²) >= 11 is 0. The van der Waals surface area contributed by atoms with E-state index in [2.05, 4.69) is 25.2 Å². The maximum Gasteiger partial charge on any atom is 0.310 e. The van der Waals surface area contributed by atoms with Crippen molar-refractivity contribution in [2.75, 3.05) is 19.5 Å². The first-order valence-electron chi connectivity index (χ1n) is 11.8. The maximum atomic E-state index is 13.8. The molecule has 6 nitrogen and oxygen atoms in total. The predicted molar refractivity (Wildman–Crippen MR) is 129 cm³/mol. The molecule has 1 heterocycles. The molecule has 0 aromatic heterocycles. The SMILES string of the molecule is COc1ccc([C@@H]2C=C3CC(C)(C)C[C@@H]4OC(=O)[C@@H]([C@H]34)[C@@H]2C(=O)Nc2ccccc2)c(OC)c1. The van der Waals surface area contributed by atoms with Gasteiger partial charge in [-0.05, 0) is 36.5 Å². The summed E-state index contributed by atoms with van der Waals surface area (Å²) in [5.41, 5.74) is 2.80. The van der Waals surface area contributed by atoms with Crippen molar-refractivity contribution in [3.05, 3.63) is 65.7 Å². The molecule has 0 spiro atoms. The van der Waals surface area contributed by atoms with Crippen LogP contribution in [0, 0.1) is 23.2 Å². The average Bonchev–Trinajstić information content (AvgIpc) is 3.14. The van der Waals surface area contributed by atoms with Crippen molar-refractivity contribution < 1.29 is 23.8 Å². The number of amides is 1. The van der Waals surface area contributed by atoms with E-state index in [9.17, 15) is 9.59 Å². The van der Waals surface area contributed by atoms with Crippen LogP contribution < -0.4 is 14.8 Å². The van der Waals surface area contributed by atoms with Gasteiger partial charge in [0.15, 0.2) is 0 Å². The number of nitrogens with one attached hydrogen (secondary N) is 1. The van der Waals surface area contributed by atoms with E-state index in [0.717, 1.165) is 18.4 Å². The summed E-state index contributed by atoms with van der Waals surface area (Å²) in [7, 11) is 3.22. The molecule has 6 heteroatoms. The first-order chi connectivity index (χ1) is 16.3. The molecule has 0 radical (unpaired) electrons. The van der Waals surface area contributed by atoms with Gasteiger partial charge in [0.05, 0.1) is 26.1 Å². The zero-order chi connectivity index (χ0) is 24.0. The Kier molecular flexibility index (Phi) is 5.62. The topological polar surface area (TPSA) is 73.9 Å². The number of carbonyl (C=O) groups is 2. The molecular weight excluding hydrogens is 430 g/mol. The third-order valence-electron chi connectivity index (χ3n) is 7.50. The van der Waals surface area contributed by atoms with Gasteiger partial charge in [0.2, 0.25) is 5.91 Å². The summed E-state index contributed by atoms with van der Waals surface area (Å²) in [6, 6.07) is 15.0. The lowest BCUT2D eigenvalue weighted by molar-refractivity contribution is -0.148. The first kappa shape index (κ1) is 22.5. The number of hydrogen-bond acceptors (Lipinski definition) is 5. The van der Waals surface area contributed by atoms with E-state index in [0.29, 0.717) is 17.2 Å². The van der Waals surface area contributed by atoms with Crippen LogP contribution in [0.25, 0.3) is 0 Å². The van der Waals surface area contributed by atoms with E-state index in [1.165, 1.54) is 5.57 Å². The number of hydrogen-bond donors (Lipinski definition) is 1. The number of para-hydroxylation sites is 1. The van der Waals surface area contributed by atoms with Crippen LogP contribution in [-0.2, 0) is 14.3 Å². The molecule has 1 aliphatic heterocycles. The maximum absolute atomic E-state index is 13.8. The Bertz CT molecular complexity index is 1140. The number of ether oxygens (including phenoxy) is 3. The van der Waals surface area contributed by atoms with E-state index in [1.807, 2.05) is 48.5 Å². The molecule has 3 aliphatic rings. The van der Waals surface area contributed by atoms with Crippen molar-refractivity contribution in [2.45, 2.75) is 38.7 Å². The average molecular weight is 462 g/mol. The lowest BCUT2D eigenvalue weighted by Crippen LogP contribution is -2.45. The Balaban J connectivity index is 1.63. The summed E-state index contributed by atoms with van der Waals surface area (Å²) in [6.07, 6.45) is 3.71. The van der Waals surface area contributed by atoms with Gasteiger partial charge < -0.3 is 19.5 Å². The summed E-state index contributed by atoms with van der Waals surface area (Å²) in [4.78, 5) is 27.1. The zero-order valence-corrected chi connectivity index (χ0v) is 20.0. The molecule has 1 saturated carbocycles. The van der Waals surface area contributed by atoms with Gasteiger partial charge in [-0.1, -0.05) is 49.8 Å². The zero-order valence-electron chi connectivity index (χ0n) is 20.0. The molecule has 34 heavy (non-hydrogen) atoms. The molecule has 1 saturated heterocycles. The van der Waals surface area contributed by atoms with Gasteiger partial charge in [-0.15, -0.1) is 0 Å². The lowest BCUT2D eigenvalue weighted by atomic mass is 9.58. The Morgan fingerprint density at radius 3 is 2.53 bits per heavy atom. The number of rotatable bonds is 5. The highest BCUT2D eigenvalue weighted by Crippen LogP contribution is 2.57. The van der Waals surface area contributed by atoms with Crippen LogP contribution >= 0.6 is 0 Å². The predicted octanol–water partition coefficient (Wildman–Crippen LogP) is 4.96. The van der Waals surface area contributed by atoms with E-state index in [1.54, 1.807) is 14.2 Å². The summed E-state index contributed by atoms with van der Waals surface area (Å²) in [6.45, 7) is 4.42. The summed E-state index contributed by atoms with van der Waals surface area (Å²) < 4.78 is 17.0. The Morgan fingerprint density at radius 1 is 1.06 bits per heavy atom. The smallest absolute Gasteiger partial charge is 0.310 e. The highest BCUT2D eigenvalue weighted by Gasteiger charge is 2.59. The van der Waals surface area contributed by atoms with Crippen LogP contribution in [0.1, 0.15) is 38.2 Å². The molecular formula is C28H31NO5. The van der Waals surface area contributed by atoms with Gasteiger partial charge >= 0.3 is 5.97 Å². The minimum absolute atomic E-state index is 0.0237. The fraction of sp³-hybridized carbons (Fsp3) is 0.429. The number of methoxy groups -OCH3 is 2. The molecule has 5 rings (SSSR count). The van der Waals surface area contributed by atoms with Gasteiger partial charge in [0.1, 0.15) is 17.6 Å². The summed E-state index contributed by atoms with van der Waals surface area (Å²) in [5.74, 6) is -0.688. The van der Waals surface area contributed by atoms with Gasteiger partial charge in [-0.3, -0.25) is 9.59 Å². The van der Waals surface area contributed by atoms with Crippen molar-refractivity contribution in [1.82, 2.24) is 0 Å². The number of allylic oxidation sites excluding steroid dienone is 1. The first-order valence-corrected chi connectivity index (χ1v) is 11.8. The van der Waals surface area contributed by atoms with Crippen molar-refractivity contribution in [3.8, 4) is 11.5 Å². The van der Waals surface area contributed by atoms with E-state index in [4.69, 9.17) is 14.2 Å². The van der Waals surface area contributed by atoms with E-state index in [-0.39, 0.29) is 35.2 Å². The van der Waals surface area contributed by atoms with Crippen molar-refractivity contribution in [1.29, 1.82) is 0 Å². The highest BCUT2D eigenvalue weighted by molar-refractivity contribution is 5.97. The third kappa shape index (κ3) is 3.85. The van der Waals surface area contributed by atoms with Crippen molar-refractivity contribution >= 4 is 17.6 Å². The van der Waals surface area contributed by atoms with Gasteiger partial charge in [0.25, 0.3) is 0 Å². The van der Waals surface area contributed by atoms with Crippen LogP contribution in [0.2, 0.25) is 0 Å². The minimum Gasteiger partial charge on any atom is -0.497 e. The fourth-order valence-corrected chi connectivity index (χ4v) is 6.15. The Labute approximate surface area is 200 Å². The largest absolute Gasteiger partial charge is 0.497 e. The van der Waals surface area contributed by atoms with Crippen LogP contribution in [-0.4, -0.2) is 32.2 Å². The molecule has 1 N–H and O–H groups in total. The van der Waals surface area contributed by atoms with Gasteiger partial charge in [0, 0.05) is 29.2 Å². The molecule has 0 unspecified atom stereocenters. The van der Waals surface area contributed by atoms with Crippen LogP contribution in [0.5, 0.6) is 11.5 Å². The number of benzene rings is 2. The standard InChI is InChI=1S/C28H31NO5/c1-28(2)14-16-12-20(19-11-10-18(32-3)13-21(19)33-4)24(25-23(16)22(15-28)34-27(25)31)26(30)29-17-8-6-5-7-9-17/h5-13,20,22-25H,14-15H2,1-4H3,(H,29,30)/t20-,22-,23+,24+,25-/m0/s1. The van der Waals surface area contributed by atoms with Crippen molar-refractivity contribution in [2.24, 2.45) is 23.2 Å². The van der Waals surface area contributed by atoms with Crippen LogP contribution in [0.4, 0.5) is 5.69 Å². The minimum atomic E-state index is -0.616. The van der Waals surface area contributed by atoms with Crippen LogP contribution in [0.3, 0.4) is 0 Å². The molecule has 2 aromatic rings. The van der Waals surface area contributed by atoms with Crippen molar-refractivity contribution in [3.63, 3.8) is 0 Å². The second-order valence-electron chi connectivity index (χ2n) is 10.3. The third-order valence-corrected chi connectivity index (χ3v) is 7.50. The normalized spacial score (nSPS) is 28.9. The van der Waals surface area contributed by atoms with E-state index < -0.39 is 11.8 Å². The fourth-order valence-electron chi connectivity index (χ4n) is 6.15. The molecule has 5 atom stereocenters. The second-order valence-corrected chi connectivity index (χ2v) is 10.3. The molecule has 178 valence electrons. The summed E-state index contributed by atoms with van der Waals surface area (Å²) in [5, 5.41) is 3.05.